The van der Waals surface area contributed by atoms with Gasteiger partial charge in [-0.15, -0.1) is 0 Å². The highest BCUT2D eigenvalue weighted by atomic mass is 32.2. The molecule has 32 heavy (non-hydrogen) atoms. The van der Waals surface area contributed by atoms with E-state index in [4.69, 9.17) is 4.18 Å². The van der Waals surface area contributed by atoms with Gasteiger partial charge in [0.25, 0.3) is 11.6 Å². The van der Waals surface area contributed by atoms with Crippen LogP contribution in [0, 0.1) is 21.4 Å². The average Bonchev–Trinajstić information content (AvgIpc) is 2.78. The van der Waals surface area contributed by atoms with Crippen molar-refractivity contribution in [3.05, 3.63) is 100 Å². The minimum absolute atomic E-state index is 0.0575. The SMILES string of the molecule is N#C/C(=C\c1cccc(OS(=O)(=O)c2ccc([N+](=O)[O-])cc2)c1)C(=O)Nc1ccccc1. The van der Waals surface area contributed by atoms with Crippen LogP contribution in [0.5, 0.6) is 5.75 Å². The lowest BCUT2D eigenvalue weighted by molar-refractivity contribution is -0.384. The third-order valence-corrected chi connectivity index (χ3v) is 5.37. The van der Waals surface area contributed by atoms with Crippen LogP contribution in [0.4, 0.5) is 11.4 Å². The van der Waals surface area contributed by atoms with Gasteiger partial charge in [-0.05, 0) is 48.0 Å². The van der Waals surface area contributed by atoms with Crippen molar-refractivity contribution in [2.24, 2.45) is 0 Å². The van der Waals surface area contributed by atoms with E-state index in [9.17, 15) is 28.6 Å². The van der Waals surface area contributed by atoms with E-state index in [0.717, 1.165) is 24.3 Å². The number of nitrogens with one attached hydrogen (secondary N) is 1. The molecule has 0 saturated heterocycles. The number of carbonyl (C=O) groups excluding carboxylic acids is 1. The molecule has 0 aromatic heterocycles. The first-order valence-electron chi connectivity index (χ1n) is 9.06. The van der Waals surface area contributed by atoms with Gasteiger partial charge in [-0.3, -0.25) is 14.9 Å². The fraction of sp³-hybridized carbons (Fsp3) is 0. The quantitative estimate of drug-likeness (QED) is 0.190. The molecule has 0 aliphatic carbocycles. The van der Waals surface area contributed by atoms with E-state index in [1.807, 2.05) is 6.07 Å². The number of benzene rings is 3. The summed E-state index contributed by atoms with van der Waals surface area (Å²) in [6.45, 7) is 0. The summed E-state index contributed by atoms with van der Waals surface area (Å²) in [5.74, 6) is -0.679. The largest absolute Gasteiger partial charge is 0.379 e. The molecule has 0 fully saturated rings. The van der Waals surface area contributed by atoms with Gasteiger partial charge in [-0.2, -0.15) is 13.7 Å². The van der Waals surface area contributed by atoms with Gasteiger partial charge in [-0.1, -0.05) is 30.3 Å². The number of carbonyl (C=O) groups is 1. The number of para-hydroxylation sites is 1. The van der Waals surface area contributed by atoms with Gasteiger partial charge >= 0.3 is 10.1 Å². The van der Waals surface area contributed by atoms with E-state index in [1.165, 1.54) is 24.3 Å². The number of non-ortho nitro benzene ring substituents is 1. The standard InChI is InChI=1S/C22H15N3O6S/c23-15-17(22(26)24-18-6-2-1-3-7-18)13-16-5-4-8-20(14-16)31-32(29,30)21-11-9-19(10-12-21)25(27)28/h1-14H,(H,24,26)/b17-13+. The monoisotopic (exact) mass is 449 g/mol. The first-order valence-corrected chi connectivity index (χ1v) is 10.5. The molecule has 3 aromatic carbocycles. The maximum Gasteiger partial charge on any atom is 0.339 e. The van der Waals surface area contributed by atoms with E-state index in [1.54, 1.807) is 36.4 Å². The number of nitrogens with zero attached hydrogens (tertiary/aromatic N) is 2. The van der Waals surface area contributed by atoms with Gasteiger partial charge < -0.3 is 9.50 Å². The molecule has 3 rings (SSSR count). The Morgan fingerprint density at radius 3 is 2.34 bits per heavy atom. The fourth-order valence-corrected chi connectivity index (χ4v) is 3.52. The highest BCUT2D eigenvalue weighted by molar-refractivity contribution is 7.87. The molecule has 9 nitrogen and oxygen atoms in total. The predicted octanol–water partition coefficient (Wildman–Crippen LogP) is 3.91. The van der Waals surface area contributed by atoms with Crippen LogP contribution in [0.3, 0.4) is 0 Å². The average molecular weight is 449 g/mol. The summed E-state index contributed by atoms with van der Waals surface area (Å²) in [5.41, 5.74) is 0.434. The topological polar surface area (TPSA) is 139 Å². The maximum atomic E-state index is 12.5. The Bertz CT molecular complexity index is 1330. The first-order chi connectivity index (χ1) is 15.3. The van der Waals surface area contributed by atoms with Gasteiger partial charge in [0.1, 0.15) is 22.3 Å². The Hall–Kier alpha value is -4.49. The van der Waals surface area contributed by atoms with Gasteiger partial charge in [0.05, 0.1) is 4.92 Å². The minimum atomic E-state index is -4.25. The van der Waals surface area contributed by atoms with Crippen LogP contribution in [0.1, 0.15) is 5.56 Å². The van der Waals surface area contributed by atoms with Crippen LogP contribution in [-0.4, -0.2) is 19.2 Å². The van der Waals surface area contributed by atoms with E-state index in [0.29, 0.717) is 11.3 Å². The predicted molar refractivity (Wildman–Crippen MR) is 116 cm³/mol. The second-order valence-electron chi connectivity index (χ2n) is 6.35. The summed E-state index contributed by atoms with van der Waals surface area (Å²) in [5, 5.41) is 22.7. The van der Waals surface area contributed by atoms with Gasteiger partial charge in [0, 0.05) is 17.8 Å². The summed E-state index contributed by atoms with van der Waals surface area (Å²) >= 11 is 0. The van der Waals surface area contributed by atoms with Crippen LogP contribution >= 0.6 is 0 Å². The Morgan fingerprint density at radius 2 is 1.72 bits per heavy atom. The Morgan fingerprint density at radius 1 is 1.03 bits per heavy atom. The van der Waals surface area contributed by atoms with Crippen LogP contribution in [0.2, 0.25) is 0 Å². The molecule has 0 saturated carbocycles. The van der Waals surface area contributed by atoms with Crippen molar-refractivity contribution in [3.63, 3.8) is 0 Å². The zero-order valence-corrected chi connectivity index (χ0v) is 17.2. The molecule has 0 atom stereocenters. The number of nitriles is 1. The summed E-state index contributed by atoms with van der Waals surface area (Å²) < 4.78 is 30.0. The highest BCUT2D eigenvalue weighted by Gasteiger charge is 2.18. The van der Waals surface area contributed by atoms with E-state index in [2.05, 4.69) is 5.32 Å². The Labute approximate surface area is 183 Å². The molecule has 0 radical (unpaired) electrons. The third-order valence-electron chi connectivity index (χ3n) is 4.11. The molecule has 0 unspecified atom stereocenters. The first kappa shape index (κ1) is 22.2. The summed E-state index contributed by atoms with van der Waals surface area (Å²) in [6.07, 6.45) is 1.30. The lowest BCUT2D eigenvalue weighted by Crippen LogP contribution is -2.13. The zero-order chi connectivity index (χ0) is 23.1. The molecule has 1 N–H and O–H groups in total. The van der Waals surface area contributed by atoms with Gasteiger partial charge in [0.2, 0.25) is 0 Å². The maximum absolute atomic E-state index is 12.5. The number of hydrogen-bond donors (Lipinski definition) is 1. The number of nitro groups is 1. The number of amides is 1. The Kier molecular flexibility index (Phi) is 6.62. The molecule has 0 aliphatic heterocycles. The third kappa shape index (κ3) is 5.56. The number of anilines is 1. The summed E-state index contributed by atoms with van der Waals surface area (Å²) in [7, 11) is -4.25. The van der Waals surface area contributed by atoms with Crippen molar-refractivity contribution in [2.45, 2.75) is 4.90 Å². The van der Waals surface area contributed by atoms with Crippen molar-refractivity contribution in [2.75, 3.05) is 5.32 Å². The normalized spacial score (nSPS) is 11.3. The molecule has 0 heterocycles. The summed E-state index contributed by atoms with van der Waals surface area (Å²) in [4.78, 5) is 22.2. The molecule has 160 valence electrons. The lowest BCUT2D eigenvalue weighted by Gasteiger charge is -2.08. The number of hydrogen-bond acceptors (Lipinski definition) is 7. The van der Waals surface area contributed by atoms with Crippen molar-refractivity contribution < 1.29 is 22.3 Å². The molecule has 0 bridgehead atoms. The summed E-state index contributed by atoms with van der Waals surface area (Å²) in [6, 6.07) is 20.4. The van der Waals surface area contributed by atoms with Crippen LogP contribution in [0.25, 0.3) is 6.08 Å². The molecule has 3 aromatic rings. The molecular formula is C22H15N3O6S. The highest BCUT2D eigenvalue weighted by Crippen LogP contribution is 2.23. The second-order valence-corrected chi connectivity index (χ2v) is 7.90. The van der Waals surface area contributed by atoms with E-state index >= 15 is 0 Å². The fourth-order valence-electron chi connectivity index (χ4n) is 2.60. The molecule has 10 heteroatoms. The lowest BCUT2D eigenvalue weighted by atomic mass is 10.1. The number of nitro benzene ring substituents is 1. The zero-order valence-electron chi connectivity index (χ0n) is 16.3. The van der Waals surface area contributed by atoms with Crippen LogP contribution in [-0.2, 0) is 14.9 Å². The van der Waals surface area contributed by atoms with Crippen molar-refractivity contribution in [1.29, 1.82) is 5.26 Å². The van der Waals surface area contributed by atoms with Crippen molar-refractivity contribution in [1.82, 2.24) is 0 Å². The van der Waals surface area contributed by atoms with E-state index in [-0.39, 0.29) is 21.9 Å². The molecule has 0 aliphatic rings. The van der Waals surface area contributed by atoms with E-state index < -0.39 is 20.9 Å². The van der Waals surface area contributed by atoms with Crippen LogP contribution in [0.15, 0.2) is 89.3 Å². The van der Waals surface area contributed by atoms with Crippen LogP contribution < -0.4 is 9.50 Å². The Balaban J connectivity index is 1.80. The second kappa shape index (κ2) is 9.55. The molecule has 1 amide bonds. The molecule has 0 spiro atoms. The van der Waals surface area contributed by atoms with Crippen molar-refractivity contribution in [3.8, 4) is 11.8 Å². The number of rotatable bonds is 7. The smallest absolute Gasteiger partial charge is 0.339 e. The minimum Gasteiger partial charge on any atom is -0.379 e. The molecular weight excluding hydrogens is 434 g/mol. The van der Waals surface area contributed by atoms with Gasteiger partial charge in [-0.25, -0.2) is 0 Å². The van der Waals surface area contributed by atoms with Gasteiger partial charge in [0.15, 0.2) is 0 Å². The van der Waals surface area contributed by atoms with Crippen molar-refractivity contribution >= 4 is 33.5 Å².